The Bertz CT molecular complexity index is 819. The van der Waals surface area contributed by atoms with E-state index >= 15 is 0 Å². The Kier molecular flexibility index (Phi) is 5.62. The van der Waals surface area contributed by atoms with Crippen LogP contribution in [0.1, 0.15) is 11.1 Å². The Hall–Kier alpha value is -2.08. The molecule has 0 saturated carbocycles. The average Bonchev–Trinajstić information content (AvgIpc) is 3.11. The zero-order valence-electron chi connectivity index (χ0n) is 15.3. The van der Waals surface area contributed by atoms with Crippen molar-refractivity contribution in [2.45, 2.75) is 13.0 Å². The molecule has 1 saturated heterocycles. The minimum Gasteiger partial charge on any atom is -0.493 e. The van der Waals surface area contributed by atoms with E-state index in [0.717, 1.165) is 57.2 Å². The number of nitrogens with one attached hydrogen (secondary N) is 1. The number of benzene rings is 2. The summed E-state index contributed by atoms with van der Waals surface area (Å²) in [5.74, 6) is 1.04. The molecule has 1 N–H and O–H groups in total. The zero-order chi connectivity index (χ0) is 18.6. The van der Waals surface area contributed by atoms with Crippen LogP contribution in [0, 0.1) is 0 Å². The number of hydrogen-bond acceptors (Lipinski definition) is 4. The maximum absolute atomic E-state index is 12.3. The van der Waals surface area contributed by atoms with Crippen LogP contribution in [0.2, 0.25) is 5.02 Å². The zero-order valence-corrected chi connectivity index (χ0v) is 16.0. The first-order valence-electron chi connectivity index (χ1n) is 9.40. The first-order chi connectivity index (χ1) is 13.2. The molecule has 0 spiro atoms. The number of halogens is 1. The molecule has 142 valence electrons. The van der Waals surface area contributed by atoms with Gasteiger partial charge in [-0.3, -0.25) is 14.6 Å². The third kappa shape index (κ3) is 4.80. The standard InChI is InChI=1S/C21H24ClN3O2/c22-18-2-1-3-19(13-18)23-21(26)15-25-9-7-24(8-10-25)14-16-4-5-20-17(12-16)6-11-27-20/h1-5,12-13H,6-11,14-15H2,(H,23,26). The molecule has 0 atom stereocenters. The molecule has 0 radical (unpaired) electrons. The number of nitrogens with zero attached hydrogens (tertiary/aromatic N) is 2. The number of hydrogen-bond donors (Lipinski definition) is 1. The number of carbonyl (C=O) groups excluding carboxylic acids is 1. The number of fused-ring (bicyclic) bond motifs is 1. The van der Waals surface area contributed by atoms with Crippen LogP contribution in [-0.2, 0) is 17.8 Å². The Morgan fingerprint density at radius 1 is 1.07 bits per heavy atom. The second kappa shape index (κ2) is 8.30. The van der Waals surface area contributed by atoms with E-state index in [1.54, 1.807) is 12.1 Å². The van der Waals surface area contributed by atoms with E-state index in [0.29, 0.717) is 11.6 Å². The smallest absolute Gasteiger partial charge is 0.238 e. The van der Waals surface area contributed by atoms with Gasteiger partial charge in [-0.15, -0.1) is 0 Å². The molecular weight excluding hydrogens is 362 g/mol. The molecule has 2 aromatic carbocycles. The van der Waals surface area contributed by atoms with E-state index in [4.69, 9.17) is 16.3 Å². The van der Waals surface area contributed by atoms with Crippen LogP contribution < -0.4 is 10.1 Å². The van der Waals surface area contributed by atoms with E-state index in [2.05, 4.69) is 33.3 Å². The minimum atomic E-state index is 0.00402. The van der Waals surface area contributed by atoms with Crippen molar-refractivity contribution in [3.63, 3.8) is 0 Å². The van der Waals surface area contributed by atoms with Crippen molar-refractivity contribution in [2.75, 3.05) is 44.6 Å². The summed E-state index contributed by atoms with van der Waals surface area (Å²) in [6.45, 7) is 5.91. The number of carbonyl (C=O) groups is 1. The Labute approximate surface area is 164 Å². The summed E-state index contributed by atoms with van der Waals surface area (Å²) >= 11 is 5.96. The van der Waals surface area contributed by atoms with E-state index < -0.39 is 0 Å². The second-order valence-electron chi connectivity index (χ2n) is 7.15. The molecule has 0 aromatic heterocycles. The molecule has 2 aliphatic rings. The quantitative estimate of drug-likeness (QED) is 0.859. The SMILES string of the molecule is O=C(CN1CCN(Cc2ccc3c(c2)CCO3)CC1)Nc1cccc(Cl)c1. The van der Waals surface area contributed by atoms with E-state index in [-0.39, 0.29) is 5.91 Å². The van der Waals surface area contributed by atoms with Crippen LogP contribution in [0.3, 0.4) is 0 Å². The molecule has 2 aromatic rings. The molecule has 2 aliphatic heterocycles. The lowest BCUT2D eigenvalue weighted by atomic mass is 10.1. The number of piperazine rings is 1. The van der Waals surface area contributed by atoms with Gasteiger partial charge in [0.25, 0.3) is 0 Å². The van der Waals surface area contributed by atoms with Gasteiger partial charge in [-0.05, 0) is 35.4 Å². The van der Waals surface area contributed by atoms with Gasteiger partial charge in [0.1, 0.15) is 5.75 Å². The van der Waals surface area contributed by atoms with Gasteiger partial charge in [-0.1, -0.05) is 29.8 Å². The molecule has 27 heavy (non-hydrogen) atoms. The van der Waals surface area contributed by atoms with Gasteiger partial charge in [0.05, 0.1) is 13.2 Å². The van der Waals surface area contributed by atoms with Crippen LogP contribution in [-0.4, -0.2) is 55.0 Å². The minimum absolute atomic E-state index is 0.00402. The lowest BCUT2D eigenvalue weighted by Gasteiger charge is -2.34. The Morgan fingerprint density at radius 3 is 2.70 bits per heavy atom. The fourth-order valence-corrected chi connectivity index (χ4v) is 3.86. The van der Waals surface area contributed by atoms with Gasteiger partial charge in [0.2, 0.25) is 5.91 Å². The van der Waals surface area contributed by atoms with Crippen molar-refractivity contribution in [1.82, 2.24) is 9.80 Å². The first-order valence-corrected chi connectivity index (χ1v) is 9.78. The van der Waals surface area contributed by atoms with E-state index in [9.17, 15) is 4.79 Å². The molecule has 1 amide bonds. The predicted octanol–water partition coefficient (Wildman–Crippen LogP) is 3.03. The fraction of sp³-hybridized carbons (Fsp3) is 0.381. The highest BCUT2D eigenvalue weighted by molar-refractivity contribution is 6.30. The number of ether oxygens (including phenoxy) is 1. The first kappa shape index (κ1) is 18.3. The second-order valence-corrected chi connectivity index (χ2v) is 7.59. The predicted molar refractivity (Wildman–Crippen MR) is 107 cm³/mol. The van der Waals surface area contributed by atoms with Gasteiger partial charge in [-0.2, -0.15) is 0 Å². The van der Waals surface area contributed by atoms with Crippen LogP contribution in [0.4, 0.5) is 5.69 Å². The van der Waals surface area contributed by atoms with Crippen molar-refractivity contribution in [2.24, 2.45) is 0 Å². The summed E-state index contributed by atoms with van der Waals surface area (Å²) in [5, 5.41) is 3.54. The van der Waals surface area contributed by atoms with Crippen molar-refractivity contribution < 1.29 is 9.53 Å². The number of amides is 1. The normalized spacial score (nSPS) is 17.4. The maximum atomic E-state index is 12.3. The molecule has 5 nitrogen and oxygen atoms in total. The summed E-state index contributed by atoms with van der Waals surface area (Å²) in [4.78, 5) is 16.9. The van der Waals surface area contributed by atoms with Gasteiger partial charge in [0.15, 0.2) is 0 Å². The molecule has 0 bridgehead atoms. The van der Waals surface area contributed by atoms with Gasteiger partial charge in [-0.25, -0.2) is 0 Å². The Morgan fingerprint density at radius 2 is 1.89 bits per heavy atom. The van der Waals surface area contributed by atoms with Crippen molar-refractivity contribution in [3.8, 4) is 5.75 Å². The number of rotatable bonds is 5. The van der Waals surface area contributed by atoms with Crippen molar-refractivity contribution >= 4 is 23.2 Å². The monoisotopic (exact) mass is 385 g/mol. The highest BCUT2D eigenvalue weighted by Crippen LogP contribution is 2.26. The van der Waals surface area contributed by atoms with Gasteiger partial charge >= 0.3 is 0 Å². The van der Waals surface area contributed by atoms with Crippen LogP contribution in [0.15, 0.2) is 42.5 Å². The summed E-state index contributed by atoms with van der Waals surface area (Å²) in [6, 6.07) is 13.8. The summed E-state index contributed by atoms with van der Waals surface area (Å²) < 4.78 is 5.58. The highest BCUT2D eigenvalue weighted by atomic mass is 35.5. The van der Waals surface area contributed by atoms with Crippen LogP contribution >= 0.6 is 11.6 Å². The average molecular weight is 386 g/mol. The largest absolute Gasteiger partial charge is 0.493 e. The van der Waals surface area contributed by atoms with Gasteiger partial charge < -0.3 is 10.1 Å². The van der Waals surface area contributed by atoms with E-state index in [1.807, 2.05) is 12.1 Å². The van der Waals surface area contributed by atoms with Gasteiger partial charge in [0, 0.05) is 49.9 Å². The molecule has 1 fully saturated rings. The van der Waals surface area contributed by atoms with Crippen molar-refractivity contribution in [1.29, 1.82) is 0 Å². The highest BCUT2D eigenvalue weighted by Gasteiger charge is 2.20. The molecule has 4 rings (SSSR count). The third-order valence-corrected chi connectivity index (χ3v) is 5.34. The Balaban J connectivity index is 1.23. The fourth-order valence-electron chi connectivity index (χ4n) is 3.67. The maximum Gasteiger partial charge on any atom is 0.238 e. The molecule has 6 heteroatoms. The van der Waals surface area contributed by atoms with Crippen LogP contribution in [0.5, 0.6) is 5.75 Å². The topological polar surface area (TPSA) is 44.8 Å². The lowest BCUT2D eigenvalue weighted by Crippen LogP contribution is -2.48. The lowest BCUT2D eigenvalue weighted by molar-refractivity contribution is -0.117. The summed E-state index contributed by atoms with van der Waals surface area (Å²) in [5.41, 5.74) is 3.40. The summed E-state index contributed by atoms with van der Waals surface area (Å²) in [7, 11) is 0. The molecule has 0 aliphatic carbocycles. The van der Waals surface area contributed by atoms with Crippen molar-refractivity contribution in [3.05, 3.63) is 58.6 Å². The van der Waals surface area contributed by atoms with Crippen LogP contribution in [0.25, 0.3) is 0 Å². The molecular formula is C21H24ClN3O2. The number of anilines is 1. The molecule has 2 heterocycles. The third-order valence-electron chi connectivity index (χ3n) is 5.10. The van der Waals surface area contributed by atoms with E-state index in [1.165, 1.54) is 11.1 Å². The molecule has 0 unspecified atom stereocenters. The summed E-state index contributed by atoms with van der Waals surface area (Å²) in [6.07, 6.45) is 1.01.